The Morgan fingerprint density at radius 3 is 2.64 bits per heavy atom. The van der Waals surface area contributed by atoms with Crippen molar-refractivity contribution in [1.82, 2.24) is 9.78 Å². The molecule has 2 aromatic carbocycles. The van der Waals surface area contributed by atoms with Crippen LogP contribution in [0.3, 0.4) is 0 Å². The summed E-state index contributed by atoms with van der Waals surface area (Å²) in [6, 6.07) is 7.40. The van der Waals surface area contributed by atoms with Crippen molar-refractivity contribution in [2.75, 3.05) is 5.32 Å². The summed E-state index contributed by atoms with van der Waals surface area (Å²) < 4.78 is 66.2. The number of nitrogens with one attached hydrogen (secondary N) is 1. The number of aryl methyl sites for hydroxylation is 1. The number of nitro groups is 1. The van der Waals surface area contributed by atoms with Crippen LogP contribution in [0, 0.1) is 40.3 Å². The molecule has 4 aromatic rings. The maximum Gasteiger partial charge on any atom is 0.291 e. The maximum absolute atomic E-state index is 13.9. The van der Waals surface area contributed by atoms with Gasteiger partial charge in [0.15, 0.2) is 23.2 Å². The molecule has 0 aliphatic heterocycles. The fourth-order valence-electron chi connectivity index (χ4n) is 3.27. The van der Waals surface area contributed by atoms with Crippen LogP contribution in [0.2, 0.25) is 0 Å². The molecular weight excluding hydrogens is 488 g/mol. The second-order valence-corrected chi connectivity index (χ2v) is 7.59. The standard InChI is InChI=1S/C23H16F4N4O5/c1-12-6-14(2-4-19(12)31(33)34)35-11-15-3-5-20(36-15)23(32)29-13-8-28-30(9-13)10-16-17(24)7-18(25)22(27)21(16)26/h2-9H,10-11H2,1H3,(H,29,32). The van der Waals surface area contributed by atoms with E-state index in [2.05, 4.69) is 10.4 Å². The molecule has 0 bridgehead atoms. The van der Waals surface area contributed by atoms with Crippen LogP contribution in [0.5, 0.6) is 5.75 Å². The lowest BCUT2D eigenvalue weighted by atomic mass is 10.2. The minimum atomic E-state index is -1.80. The summed E-state index contributed by atoms with van der Waals surface area (Å²) in [4.78, 5) is 22.8. The summed E-state index contributed by atoms with van der Waals surface area (Å²) >= 11 is 0. The van der Waals surface area contributed by atoms with Crippen LogP contribution >= 0.6 is 0 Å². The van der Waals surface area contributed by atoms with Crippen molar-refractivity contribution in [2.24, 2.45) is 0 Å². The van der Waals surface area contributed by atoms with Crippen LogP contribution in [-0.4, -0.2) is 20.6 Å². The minimum absolute atomic E-state index is 0.0391. The second-order valence-electron chi connectivity index (χ2n) is 7.59. The number of amides is 1. The van der Waals surface area contributed by atoms with Crippen LogP contribution < -0.4 is 10.1 Å². The Kier molecular flexibility index (Phi) is 6.72. The molecular formula is C23H16F4N4O5. The first-order valence-corrected chi connectivity index (χ1v) is 10.2. The third-order valence-corrected chi connectivity index (χ3v) is 5.05. The van der Waals surface area contributed by atoms with Gasteiger partial charge in [0, 0.05) is 29.5 Å². The van der Waals surface area contributed by atoms with Gasteiger partial charge in [-0.05, 0) is 31.2 Å². The highest BCUT2D eigenvalue weighted by molar-refractivity contribution is 6.02. The predicted octanol–water partition coefficient (Wildman–Crippen LogP) is 5.13. The molecule has 0 aliphatic carbocycles. The average Bonchev–Trinajstić information content (AvgIpc) is 3.48. The van der Waals surface area contributed by atoms with Gasteiger partial charge >= 0.3 is 0 Å². The summed E-state index contributed by atoms with van der Waals surface area (Å²) in [5.41, 5.74) is -0.192. The zero-order chi connectivity index (χ0) is 26.0. The molecule has 2 heterocycles. The van der Waals surface area contributed by atoms with E-state index < -0.39 is 46.2 Å². The number of ether oxygens (including phenoxy) is 1. The predicted molar refractivity (Wildman–Crippen MR) is 116 cm³/mol. The Morgan fingerprint density at radius 1 is 1.14 bits per heavy atom. The topological polar surface area (TPSA) is 112 Å². The minimum Gasteiger partial charge on any atom is -0.486 e. The highest BCUT2D eigenvalue weighted by atomic mass is 19.2. The first-order chi connectivity index (χ1) is 17.1. The van der Waals surface area contributed by atoms with Gasteiger partial charge in [0.1, 0.15) is 23.9 Å². The van der Waals surface area contributed by atoms with Crippen molar-refractivity contribution in [3.8, 4) is 5.75 Å². The van der Waals surface area contributed by atoms with Gasteiger partial charge < -0.3 is 14.5 Å². The SMILES string of the molecule is Cc1cc(OCc2ccc(C(=O)Nc3cnn(Cc4c(F)cc(F)c(F)c4F)c3)o2)ccc1[N+](=O)[O-]. The maximum atomic E-state index is 13.9. The molecule has 1 N–H and O–H groups in total. The van der Waals surface area contributed by atoms with Crippen molar-refractivity contribution < 1.29 is 36.4 Å². The van der Waals surface area contributed by atoms with Crippen molar-refractivity contribution >= 4 is 17.3 Å². The smallest absolute Gasteiger partial charge is 0.291 e. The first kappa shape index (κ1) is 24.4. The monoisotopic (exact) mass is 504 g/mol. The number of halogens is 4. The van der Waals surface area contributed by atoms with Gasteiger partial charge in [0.25, 0.3) is 11.6 Å². The molecule has 13 heteroatoms. The lowest BCUT2D eigenvalue weighted by Crippen LogP contribution is -2.11. The Bertz CT molecular complexity index is 1470. The molecule has 0 fully saturated rings. The van der Waals surface area contributed by atoms with Gasteiger partial charge in [-0.3, -0.25) is 19.6 Å². The van der Waals surface area contributed by atoms with Crippen molar-refractivity contribution in [3.05, 3.63) is 105 Å². The van der Waals surface area contributed by atoms with Crippen LogP contribution in [0.4, 0.5) is 28.9 Å². The zero-order valence-electron chi connectivity index (χ0n) is 18.4. The third kappa shape index (κ3) is 5.19. The molecule has 0 radical (unpaired) electrons. The number of hydrogen-bond acceptors (Lipinski definition) is 6. The lowest BCUT2D eigenvalue weighted by molar-refractivity contribution is -0.385. The highest BCUT2D eigenvalue weighted by Crippen LogP contribution is 2.24. The van der Waals surface area contributed by atoms with E-state index >= 15 is 0 Å². The van der Waals surface area contributed by atoms with E-state index in [-0.39, 0.29) is 29.8 Å². The molecule has 0 unspecified atom stereocenters. The van der Waals surface area contributed by atoms with Gasteiger partial charge in [0.2, 0.25) is 0 Å². The molecule has 1 amide bonds. The Balaban J connectivity index is 1.37. The molecule has 186 valence electrons. The third-order valence-electron chi connectivity index (χ3n) is 5.05. The van der Waals surface area contributed by atoms with E-state index in [1.165, 1.54) is 42.7 Å². The number of anilines is 1. The zero-order valence-corrected chi connectivity index (χ0v) is 18.4. The average molecular weight is 504 g/mol. The molecule has 0 saturated carbocycles. The lowest BCUT2D eigenvalue weighted by Gasteiger charge is -2.07. The Labute approximate surface area is 200 Å². The van der Waals surface area contributed by atoms with Gasteiger partial charge in [-0.15, -0.1) is 0 Å². The molecule has 0 atom stereocenters. The van der Waals surface area contributed by atoms with Crippen molar-refractivity contribution in [3.63, 3.8) is 0 Å². The quantitative estimate of drug-likeness (QED) is 0.117. The van der Waals surface area contributed by atoms with Crippen LogP contribution in [0.1, 0.15) is 27.4 Å². The van der Waals surface area contributed by atoms with E-state index in [1.54, 1.807) is 6.92 Å². The number of nitro benzene ring substituents is 1. The van der Waals surface area contributed by atoms with Gasteiger partial charge in [-0.2, -0.15) is 5.10 Å². The summed E-state index contributed by atoms with van der Waals surface area (Å²) in [5, 5.41) is 17.2. The molecule has 0 spiro atoms. The molecule has 0 aliphatic rings. The number of rotatable bonds is 8. The fourth-order valence-corrected chi connectivity index (χ4v) is 3.27. The second kappa shape index (κ2) is 9.90. The Hall–Kier alpha value is -4.68. The van der Waals surface area contributed by atoms with Gasteiger partial charge in [-0.25, -0.2) is 17.6 Å². The number of hydrogen-bond donors (Lipinski definition) is 1. The van der Waals surface area contributed by atoms with E-state index in [9.17, 15) is 32.5 Å². The summed E-state index contributed by atoms with van der Waals surface area (Å²) in [7, 11) is 0. The van der Waals surface area contributed by atoms with E-state index in [4.69, 9.17) is 9.15 Å². The van der Waals surface area contributed by atoms with Crippen LogP contribution in [0.25, 0.3) is 0 Å². The van der Waals surface area contributed by atoms with Crippen LogP contribution in [-0.2, 0) is 13.2 Å². The summed E-state index contributed by atoms with van der Waals surface area (Å²) in [6.45, 7) is 0.982. The molecule has 36 heavy (non-hydrogen) atoms. The molecule has 4 rings (SSSR count). The number of carbonyl (C=O) groups excluding carboxylic acids is 1. The Morgan fingerprint density at radius 2 is 1.92 bits per heavy atom. The summed E-state index contributed by atoms with van der Waals surface area (Å²) in [6.07, 6.45) is 2.43. The molecule has 9 nitrogen and oxygen atoms in total. The molecule has 2 aromatic heterocycles. The molecule has 0 saturated heterocycles. The van der Waals surface area contributed by atoms with E-state index in [0.29, 0.717) is 17.1 Å². The number of aromatic nitrogens is 2. The first-order valence-electron chi connectivity index (χ1n) is 10.2. The number of benzene rings is 2. The summed E-state index contributed by atoms with van der Waals surface area (Å²) in [5.74, 6) is -6.43. The highest BCUT2D eigenvalue weighted by Gasteiger charge is 2.20. The number of nitrogens with zero attached hydrogens (tertiary/aromatic N) is 3. The largest absolute Gasteiger partial charge is 0.486 e. The van der Waals surface area contributed by atoms with Crippen LogP contribution in [0.15, 0.2) is 53.2 Å². The number of furan rings is 1. The van der Waals surface area contributed by atoms with Crippen molar-refractivity contribution in [1.29, 1.82) is 0 Å². The fraction of sp³-hybridized carbons (Fsp3) is 0.130. The van der Waals surface area contributed by atoms with E-state index in [0.717, 1.165) is 4.68 Å². The van der Waals surface area contributed by atoms with E-state index in [1.807, 2.05) is 0 Å². The van der Waals surface area contributed by atoms with Gasteiger partial charge in [0.05, 0.1) is 23.4 Å². The normalized spacial score (nSPS) is 10.9. The van der Waals surface area contributed by atoms with Gasteiger partial charge in [-0.1, -0.05) is 0 Å². The van der Waals surface area contributed by atoms with Crippen molar-refractivity contribution in [2.45, 2.75) is 20.1 Å². The number of carbonyl (C=O) groups is 1.